The highest BCUT2D eigenvalue weighted by molar-refractivity contribution is 7.98. The second-order valence-electron chi connectivity index (χ2n) is 4.16. The Bertz CT molecular complexity index is 758. The molecule has 2 aromatic heterocycles. The number of nitrogen functional groups attached to an aromatic ring is 1. The van der Waals surface area contributed by atoms with Crippen LogP contribution in [0.15, 0.2) is 46.2 Å². The molecule has 0 fully saturated rings. The van der Waals surface area contributed by atoms with Crippen molar-refractivity contribution in [3.63, 3.8) is 0 Å². The largest absolute Gasteiger partial charge is 0.461 e. The standard InChI is InChI=1S/C13H10F2N4OS/c14-9-4-1-3-8(11(9)15)7-21-13-18-17-12(19(13)16)10-5-2-6-20-10/h1-6H,7,16H2. The van der Waals surface area contributed by atoms with Gasteiger partial charge < -0.3 is 10.3 Å². The van der Waals surface area contributed by atoms with Gasteiger partial charge in [0, 0.05) is 11.3 Å². The van der Waals surface area contributed by atoms with Gasteiger partial charge in [-0.05, 0) is 18.2 Å². The minimum Gasteiger partial charge on any atom is -0.461 e. The van der Waals surface area contributed by atoms with Crippen molar-refractivity contribution in [1.29, 1.82) is 0 Å². The number of halogens is 2. The van der Waals surface area contributed by atoms with Crippen LogP contribution in [0.4, 0.5) is 8.78 Å². The number of benzene rings is 1. The molecule has 1 aromatic carbocycles. The van der Waals surface area contributed by atoms with Gasteiger partial charge in [0.2, 0.25) is 11.0 Å². The first-order valence-corrected chi connectivity index (χ1v) is 6.95. The van der Waals surface area contributed by atoms with Gasteiger partial charge in [0.15, 0.2) is 17.4 Å². The number of hydrogen-bond donors (Lipinski definition) is 1. The summed E-state index contributed by atoms with van der Waals surface area (Å²) < 4.78 is 33.1. The third-order valence-corrected chi connectivity index (χ3v) is 3.79. The number of nitrogens with two attached hydrogens (primary N) is 1. The maximum Gasteiger partial charge on any atom is 0.218 e. The van der Waals surface area contributed by atoms with E-state index < -0.39 is 11.6 Å². The monoisotopic (exact) mass is 308 g/mol. The Morgan fingerprint density at radius 3 is 2.81 bits per heavy atom. The number of aromatic nitrogens is 3. The zero-order valence-corrected chi connectivity index (χ0v) is 11.5. The zero-order chi connectivity index (χ0) is 14.8. The maximum atomic E-state index is 13.6. The number of nitrogens with zero attached hydrogens (tertiary/aromatic N) is 3. The minimum absolute atomic E-state index is 0.192. The minimum atomic E-state index is -0.876. The fraction of sp³-hybridized carbons (Fsp3) is 0.0769. The summed E-state index contributed by atoms with van der Waals surface area (Å²) >= 11 is 1.16. The first-order valence-electron chi connectivity index (χ1n) is 5.97. The van der Waals surface area contributed by atoms with Gasteiger partial charge in [-0.25, -0.2) is 13.5 Å². The van der Waals surface area contributed by atoms with E-state index in [0.29, 0.717) is 16.7 Å². The SMILES string of the molecule is Nn1c(SCc2cccc(F)c2F)nnc1-c1ccco1. The molecule has 0 aliphatic rings. The maximum absolute atomic E-state index is 13.6. The summed E-state index contributed by atoms with van der Waals surface area (Å²) in [5, 5.41) is 8.21. The summed E-state index contributed by atoms with van der Waals surface area (Å²) in [6.45, 7) is 0. The number of hydrogen-bond acceptors (Lipinski definition) is 5. The van der Waals surface area contributed by atoms with E-state index in [1.807, 2.05) is 0 Å². The molecule has 0 radical (unpaired) electrons. The predicted molar refractivity (Wildman–Crippen MR) is 73.8 cm³/mol. The molecule has 0 atom stereocenters. The topological polar surface area (TPSA) is 69.9 Å². The van der Waals surface area contributed by atoms with Crippen molar-refractivity contribution in [2.45, 2.75) is 10.9 Å². The van der Waals surface area contributed by atoms with E-state index in [1.54, 1.807) is 12.1 Å². The number of furan rings is 1. The molecule has 0 aliphatic carbocycles. The van der Waals surface area contributed by atoms with Crippen LogP contribution in [-0.4, -0.2) is 14.9 Å². The van der Waals surface area contributed by atoms with E-state index in [9.17, 15) is 8.78 Å². The lowest BCUT2D eigenvalue weighted by Crippen LogP contribution is -2.11. The molecule has 0 saturated carbocycles. The van der Waals surface area contributed by atoms with Crippen LogP contribution in [0, 0.1) is 11.6 Å². The van der Waals surface area contributed by atoms with Crippen molar-refractivity contribution in [1.82, 2.24) is 14.9 Å². The third-order valence-electron chi connectivity index (χ3n) is 2.79. The fourth-order valence-corrected chi connectivity index (χ4v) is 2.58. The van der Waals surface area contributed by atoms with Crippen LogP contribution >= 0.6 is 11.8 Å². The van der Waals surface area contributed by atoms with Gasteiger partial charge in [-0.2, -0.15) is 0 Å². The van der Waals surface area contributed by atoms with Crippen LogP contribution in [0.2, 0.25) is 0 Å². The second-order valence-corrected chi connectivity index (χ2v) is 5.10. The summed E-state index contributed by atoms with van der Waals surface area (Å²) in [7, 11) is 0. The molecular formula is C13H10F2N4OS. The normalized spacial score (nSPS) is 11.0. The summed E-state index contributed by atoms with van der Waals surface area (Å²) in [5.74, 6) is 5.17. The Balaban J connectivity index is 1.79. The van der Waals surface area contributed by atoms with Crippen LogP contribution in [0.1, 0.15) is 5.56 Å². The summed E-state index contributed by atoms with van der Waals surface area (Å²) in [4.78, 5) is 0. The first-order chi connectivity index (χ1) is 10.2. The van der Waals surface area contributed by atoms with Crippen molar-refractivity contribution in [2.24, 2.45) is 0 Å². The highest BCUT2D eigenvalue weighted by atomic mass is 32.2. The molecule has 3 rings (SSSR count). The molecule has 108 valence electrons. The Kier molecular flexibility index (Phi) is 3.61. The lowest BCUT2D eigenvalue weighted by Gasteiger charge is -2.04. The molecule has 0 amide bonds. The van der Waals surface area contributed by atoms with Crippen LogP contribution in [0.5, 0.6) is 0 Å². The molecule has 0 unspecified atom stereocenters. The van der Waals surface area contributed by atoms with E-state index in [-0.39, 0.29) is 11.3 Å². The average molecular weight is 308 g/mol. The Labute approximate surface area is 122 Å². The lowest BCUT2D eigenvalue weighted by atomic mass is 10.2. The van der Waals surface area contributed by atoms with Gasteiger partial charge in [-0.1, -0.05) is 23.9 Å². The molecule has 2 N–H and O–H groups in total. The summed E-state index contributed by atoms with van der Waals surface area (Å²) in [6.07, 6.45) is 1.50. The molecular weight excluding hydrogens is 298 g/mol. The quantitative estimate of drug-likeness (QED) is 0.593. The predicted octanol–water partition coefficient (Wildman–Crippen LogP) is 2.82. The fourth-order valence-electron chi connectivity index (χ4n) is 1.75. The van der Waals surface area contributed by atoms with Crippen molar-refractivity contribution in [2.75, 3.05) is 5.84 Å². The van der Waals surface area contributed by atoms with E-state index in [4.69, 9.17) is 10.3 Å². The molecule has 0 aliphatic heterocycles. The van der Waals surface area contributed by atoms with Gasteiger partial charge in [0.25, 0.3) is 0 Å². The lowest BCUT2D eigenvalue weighted by molar-refractivity contribution is 0.502. The smallest absolute Gasteiger partial charge is 0.218 e. The van der Waals surface area contributed by atoms with Crippen LogP contribution in [0.3, 0.4) is 0 Å². The zero-order valence-electron chi connectivity index (χ0n) is 10.7. The number of rotatable bonds is 4. The third kappa shape index (κ3) is 2.62. The molecule has 3 aromatic rings. The molecule has 21 heavy (non-hydrogen) atoms. The van der Waals surface area contributed by atoms with Gasteiger partial charge in [0.05, 0.1) is 6.26 Å². The molecule has 5 nitrogen and oxygen atoms in total. The summed E-state index contributed by atoms with van der Waals surface area (Å²) in [5.41, 5.74) is 0.238. The highest BCUT2D eigenvalue weighted by Crippen LogP contribution is 2.25. The second kappa shape index (κ2) is 5.57. The van der Waals surface area contributed by atoms with Crippen LogP contribution in [-0.2, 0) is 5.75 Å². The Hall–Kier alpha value is -2.35. The summed E-state index contributed by atoms with van der Waals surface area (Å²) in [6, 6.07) is 7.45. The molecule has 2 heterocycles. The van der Waals surface area contributed by atoms with E-state index >= 15 is 0 Å². The van der Waals surface area contributed by atoms with Gasteiger partial charge in [-0.15, -0.1) is 10.2 Å². The number of thioether (sulfide) groups is 1. The molecule has 8 heteroatoms. The van der Waals surface area contributed by atoms with E-state index in [2.05, 4.69) is 10.2 Å². The van der Waals surface area contributed by atoms with Crippen LogP contribution < -0.4 is 5.84 Å². The molecule has 0 bridgehead atoms. The van der Waals surface area contributed by atoms with Crippen molar-refractivity contribution < 1.29 is 13.2 Å². The molecule has 0 saturated heterocycles. The van der Waals surface area contributed by atoms with E-state index in [1.165, 1.54) is 23.1 Å². The Morgan fingerprint density at radius 1 is 1.19 bits per heavy atom. The van der Waals surface area contributed by atoms with Crippen molar-refractivity contribution >= 4 is 11.8 Å². The van der Waals surface area contributed by atoms with Crippen molar-refractivity contribution in [3.05, 3.63) is 53.8 Å². The average Bonchev–Trinajstić information content (AvgIpc) is 3.10. The van der Waals surface area contributed by atoms with Gasteiger partial charge in [0.1, 0.15) is 0 Å². The van der Waals surface area contributed by atoms with E-state index in [0.717, 1.165) is 17.8 Å². The first kappa shape index (κ1) is 13.6. The Morgan fingerprint density at radius 2 is 2.05 bits per heavy atom. The molecule has 0 spiro atoms. The van der Waals surface area contributed by atoms with Gasteiger partial charge in [-0.3, -0.25) is 0 Å². The van der Waals surface area contributed by atoms with Gasteiger partial charge >= 0.3 is 0 Å². The van der Waals surface area contributed by atoms with Crippen LogP contribution in [0.25, 0.3) is 11.6 Å². The highest BCUT2D eigenvalue weighted by Gasteiger charge is 2.15. The van der Waals surface area contributed by atoms with Crippen molar-refractivity contribution in [3.8, 4) is 11.6 Å².